The molecule has 280 valence electrons. The first-order chi connectivity index (χ1) is 29.7. The van der Waals surface area contributed by atoms with Crippen LogP contribution in [0.3, 0.4) is 0 Å². The van der Waals surface area contributed by atoms with Crippen LogP contribution in [0.2, 0.25) is 0 Å². The van der Waals surface area contributed by atoms with Gasteiger partial charge in [0.1, 0.15) is 11.2 Å². The van der Waals surface area contributed by atoms with E-state index in [0.717, 1.165) is 72.2 Å². The molecule has 0 amide bonds. The van der Waals surface area contributed by atoms with E-state index in [9.17, 15) is 0 Å². The molecule has 0 saturated carbocycles. The fraction of sp³-hybridized carbons (Fsp3) is 0. The Balaban J connectivity index is 0.894. The van der Waals surface area contributed by atoms with Crippen LogP contribution in [0.25, 0.3) is 116 Å². The third kappa shape index (κ3) is 5.77. The van der Waals surface area contributed by atoms with Gasteiger partial charge in [0, 0.05) is 43.9 Å². The summed E-state index contributed by atoms with van der Waals surface area (Å²) in [6.45, 7) is 0. The molecule has 0 aliphatic heterocycles. The van der Waals surface area contributed by atoms with Crippen LogP contribution in [0.15, 0.2) is 217 Å². The molecule has 4 nitrogen and oxygen atoms in total. The second kappa shape index (κ2) is 13.8. The van der Waals surface area contributed by atoms with Crippen LogP contribution in [0.4, 0.5) is 0 Å². The van der Waals surface area contributed by atoms with Gasteiger partial charge < -0.3 is 8.98 Å². The Labute approximate surface area is 346 Å². The highest BCUT2D eigenvalue weighted by molar-refractivity contribution is 6.09. The largest absolute Gasteiger partial charge is 0.456 e. The van der Waals surface area contributed by atoms with Crippen molar-refractivity contribution in [3.8, 4) is 61.8 Å². The van der Waals surface area contributed by atoms with Crippen LogP contribution in [0.5, 0.6) is 0 Å². The summed E-state index contributed by atoms with van der Waals surface area (Å²) < 4.78 is 8.46. The lowest BCUT2D eigenvalue weighted by Gasteiger charge is -2.12. The molecule has 0 aliphatic carbocycles. The minimum Gasteiger partial charge on any atom is -0.456 e. The van der Waals surface area contributed by atoms with Crippen molar-refractivity contribution in [3.05, 3.63) is 212 Å². The topological polar surface area (TPSA) is 43.9 Å². The van der Waals surface area contributed by atoms with Crippen LogP contribution >= 0.6 is 0 Å². The standard InChI is InChI=1S/C56H35N3O/c1-2-11-38(12-3-1)56-57-50(37-23-21-36(22-24-37)43-29-30-55-49(34-43)48-17-6-9-20-54(48)60-55)35-51(58-56)44-28-27-41-31-40(25-26-42(41)32-44)39-13-10-14-45(33-39)59-52-18-7-4-15-46(52)47-16-5-8-19-53(47)59/h1-35H. The Morgan fingerprint density at radius 3 is 1.62 bits per heavy atom. The van der Waals surface area contributed by atoms with Gasteiger partial charge in [0.25, 0.3) is 0 Å². The second-order valence-electron chi connectivity index (χ2n) is 15.4. The zero-order valence-electron chi connectivity index (χ0n) is 32.5. The number of hydrogen-bond acceptors (Lipinski definition) is 3. The van der Waals surface area contributed by atoms with Gasteiger partial charge in [0.2, 0.25) is 0 Å². The van der Waals surface area contributed by atoms with E-state index in [1.807, 2.05) is 30.3 Å². The van der Waals surface area contributed by atoms with Gasteiger partial charge in [-0.1, -0.05) is 152 Å². The van der Waals surface area contributed by atoms with E-state index in [4.69, 9.17) is 14.4 Å². The molecule has 0 bridgehead atoms. The van der Waals surface area contributed by atoms with Gasteiger partial charge in [-0.2, -0.15) is 0 Å². The van der Waals surface area contributed by atoms with E-state index in [2.05, 4.69) is 187 Å². The van der Waals surface area contributed by atoms with Gasteiger partial charge >= 0.3 is 0 Å². The Hall–Kier alpha value is -8.08. The van der Waals surface area contributed by atoms with E-state index in [1.54, 1.807) is 0 Å². The third-order valence-electron chi connectivity index (χ3n) is 11.8. The Morgan fingerprint density at radius 2 is 0.850 bits per heavy atom. The Bertz CT molecular complexity index is 3540. The first-order valence-corrected chi connectivity index (χ1v) is 20.3. The van der Waals surface area contributed by atoms with Crippen molar-refractivity contribution in [3.63, 3.8) is 0 Å². The van der Waals surface area contributed by atoms with Crippen LogP contribution in [-0.4, -0.2) is 14.5 Å². The van der Waals surface area contributed by atoms with Gasteiger partial charge in [-0.05, 0) is 93.7 Å². The zero-order valence-corrected chi connectivity index (χ0v) is 32.5. The van der Waals surface area contributed by atoms with Gasteiger partial charge in [-0.25, -0.2) is 9.97 Å². The van der Waals surface area contributed by atoms with E-state index in [0.29, 0.717) is 5.82 Å². The number of fused-ring (bicyclic) bond motifs is 7. The summed E-state index contributed by atoms with van der Waals surface area (Å²) in [7, 11) is 0. The lowest BCUT2D eigenvalue weighted by atomic mass is 9.98. The lowest BCUT2D eigenvalue weighted by molar-refractivity contribution is 0.669. The minimum atomic E-state index is 0.697. The molecule has 12 rings (SSSR count). The number of para-hydroxylation sites is 3. The van der Waals surface area contributed by atoms with Crippen molar-refractivity contribution < 1.29 is 4.42 Å². The molecule has 0 radical (unpaired) electrons. The van der Waals surface area contributed by atoms with Crippen molar-refractivity contribution in [2.75, 3.05) is 0 Å². The van der Waals surface area contributed by atoms with E-state index >= 15 is 0 Å². The van der Waals surface area contributed by atoms with Gasteiger partial charge in [-0.15, -0.1) is 0 Å². The van der Waals surface area contributed by atoms with Crippen molar-refractivity contribution in [2.45, 2.75) is 0 Å². The highest BCUT2D eigenvalue weighted by Crippen LogP contribution is 2.37. The normalized spacial score (nSPS) is 11.7. The monoisotopic (exact) mass is 765 g/mol. The quantitative estimate of drug-likeness (QED) is 0.169. The van der Waals surface area contributed by atoms with E-state index in [-0.39, 0.29) is 0 Å². The molecule has 3 aromatic heterocycles. The summed E-state index contributed by atoms with van der Waals surface area (Å²) in [4.78, 5) is 10.3. The summed E-state index contributed by atoms with van der Waals surface area (Å²) in [6.07, 6.45) is 0. The summed E-state index contributed by atoms with van der Waals surface area (Å²) >= 11 is 0. The van der Waals surface area contributed by atoms with Gasteiger partial charge in [-0.3, -0.25) is 0 Å². The molecule has 0 aliphatic rings. The lowest BCUT2D eigenvalue weighted by Crippen LogP contribution is -1.96. The van der Waals surface area contributed by atoms with Crippen LogP contribution in [-0.2, 0) is 0 Å². The minimum absolute atomic E-state index is 0.697. The maximum absolute atomic E-state index is 6.08. The van der Waals surface area contributed by atoms with E-state index < -0.39 is 0 Å². The predicted octanol–water partition coefficient (Wildman–Crippen LogP) is 15.0. The molecule has 3 heterocycles. The molecule has 0 saturated heterocycles. The fourth-order valence-corrected chi connectivity index (χ4v) is 8.81. The maximum Gasteiger partial charge on any atom is 0.160 e. The number of furan rings is 1. The van der Waals surface area contributed by atoms with Crippen molar-refractivity contribution in [1.82, 2.24) is 14.5 Å². The molecular weight excluding hydrogens is 731 g/mol. The highest BCUT2D eigenvalue weighted by Gasteiger charge is 2.15. The van der Waals surface area contributed by atoms with Gasteiger partial charge in [0.15, 0.2) is 5.82 Å². The number of aromatic nitrogens is 3. The Kier molecular flexibility index (Phi) is 7.82. The van der Waals surface area contributed by atoms with E-state index in [1.165, 1.54) is 38.3 Å². The van der Waals surface area contributed by atoms with Crippen molar-refractivity contribution >= 4 is 54.5 Å². The van der Waals surface area contributed by atoms with Crippen molar-refractivity contribution in [1.29, 1.82) is 0 Å². The fourth-order valence-electron chi connectivity index (χ4n) is 8.81. The summed E-state index contributed by atoms with van der Waals surface area (Å²) in [6, 6.07) is 75.2. The summed E-state index contributed by atoms with van der Waals surface area (Å²) in [5, 5.41) is 7.10. The molecule has 4 heteroatoms. The number of nitrogens with zero attached hydrogens (tertiary/aromatic N) is 3. The first kappa shape index (κ1) is 34.0. The zero-order chi connectivity index (χ0) is 39.6. The van der Waals surface area contributed by atoms with Crippen LogP contribution in [0, 0.1) is 0 Å². The van der Waals surface area contributed by atoms with Gasteiger partial charge in [0.05, 0.1) is 22.4 Å². The maximum atomic E-state index is 6.08. The van der Waals surface area contributed by atoms with Crippen LogP contribution in [0.1, 0.15) is 0 Å². The molecule has 0 spiro atoms. The molecule has 0 atom stereocenters. The molecule has 0 unspecified atom stereocenters. The number of hydrogen-bond donors (Lipinski definition) is 0. The third-order valence-corrected chi connectivity index (χ3v) is 11.8. The smallest absolute Gasteiger partial charge is 0.160 e. The van der Waals surface area contributed by atoms with Crippen LogP contribution < -0.4 is 0 Å². The SMILES string of the molecule is c1ccc(-c2nc(-c3ccc(-c4ccc5oc6ccccc6c5c4)cc3)cc(-c3ccc4cc(-c5cccc(-n6c7ccccc7c7ccccc76)c5)ccc4c3)n2)cc1. The number of benzene rings is 9. The summed E-state index contributed by atoms with van der Waals surface area (Å²) in [5.74, 6) is 0.697. The summed E-state index contributed by atoms with van der Waals surface area (Å²) in [5.41, 5.74) is 14.8. The first-order valence-electron chi connectivity index (χ1n) is 20.3. The second-order valence-corrected chi connectivity index (χ2v) is 15.4. The average molecular weight is 766 g/mol. The number of rotatable bonds is 6. The molecule has 9 aromatic carbocycles. The van der Waals surface area contributed by atoms with Crippen molar-refractivity contribution in [2.24, 2.45) is 0 Å². The predicted molar refractivity (Wildman–Crippen MR) is 248 cm³/mol. The average Bonchev–Trinajstić information content (AvgIpc) is 3.87. The highest BCUT2D eigenvalue weighted by atomic mass is 16.3. The molecular formula is C56H35N3O. The molecule has 60 heavy (non-hydrogen) atoms. The molecule has 0 N–H and O–H groups in total. The molecule has 0 fully saturated rings. The molecule has 12 aromatic rings. The Morgan fingerprint density at radius 1 is 0.317 bits per heavy atom.